The lowest BCUT2D eigenvalue weighted by atomic mass is 9.97. The molecular weight excluding hydrogens is 232 g/mol. The van der Waals surface area contributed by atoms with E-state index in [4.69, 9.17) is 0 Å². The van der Waals surface area contributed by atoms with Gasteiger partial charge in [0, 0.05) is 13.1 Å². The third-order valence-corrected chi connectivity index (χ3v) is 3.73. The van der Waals surface area contributed by atoms with Crippen molar-refractivity contribution in [2.75, 3.05) is 39.8 Å². The van der Waals surface area contributed by atoms with Crippen molar-refractivity contribution in [1.82, 2.24) is 20.9 Å². The summed E-state index contributed by atoms with van der Waals surface area (Å²) in [5.41, 5.74) is 0. The average Bonchev–Trinajstić information content (AvgIpc) is 2.38. The van der Waals surface area contributed by atoms with Crippen LogP contribution < -0.4 is 16.0 Å². The first-order chi connectivity index (χ1) is 8.65. The second-order valence-electron chi connectivity index (χ2n) is 5.23. The maximum atomic E-state index is 11.9. The van der Waals surface area contributed by atoms with E-state index in [9.17, 15) is 9.59 Å². The molecule has 2 saturated heterocycles. The first kappa shape index (κ1) is 13.3. The third kappa shape index (κ3) is 3.68. The predicted molar refractivity (Wildman–Crippen MR) is 68.0 cm³/mol. The van der Waals surface area contributed by atoms with Gasteiger partial charge < -0.3 is 15.5 Å². The van der Waals surface area contributed by atoms with Crippen LogP contribution >= 0.6 is 0 Å². The van der Waals surface area contributed by atoms with Gasteiger partial charge in [0.05, 0.1) is 6.54 Å². The molecule has 0 bridgehead atoms. The molecule has 0 saturated carbocycles. The van der Waals surface area contributed by atoms with Crippen LogP contribution in [0, 0.1) is 5.92 Å². The van der Waals surface area contributed by atoms with E-state index in [2.05, 4.69) is 27.9 Å². The number of carbonyl (C=O) groups is 2. The van der Waals surface area contributed by atoms with Gasteiger partial charge in [-0.1, -0.05) is 0 Å². The van der Waals surface area contributed by atoms with Crippen molar-refractivity contribution in [2.45, 2.75) is 18.9 Å². The molecule has 0 spiro atoms. The molecule has 0 radical (unpaired) electrons. The summed E-state index contributed by atoms with van der Waals surface area (Å²) in [6.07, 6.45) is 2.29. The van der Waals surface area contributed by atoms with Crippen LogP contribution in [0.3, 0.4) is 0 Å². The molecule has 6 nitrogen and oxygen atoms in total. The Labute approximate surface area is 107 Å². The Kier molecular flexibility index (Phi) is 4.54. The highest BCUT2D eigenvalue weighted by Crippen LogP contribution is 2.14. The van der Waals surface area contributed by atoms with E-state index in [1.807, 2.05) is 0 Å². The number of amides is 2. The molecule has 0 aliphatic carbocycles. The molecule has 2 heterocycles. The van der Waals surface area contributed by atoms with Crippen molar-refractivity contribution in [3.05, 3.63) is 0 Å². The summed E-state index contributed by atoms with van der Waals surface area (Å²) in [5, 5.41) is 8.60. The van der Waals surface area contributed by atoms with E-state index >= 15 is 0 Å². The number of nitrogens with one attached hydrogen (secondary N) is 3. The summed E-state index contributed by atoms with van der Waals surface area (Å²) in [7, 11) is 2.13. The lowest BCUT2D eigenvalue weighted by Gasteiger charge is -2.30. The average molecular weight is 254 g/mol. The SMILES string of the molecule is CN1CCC(CNC(=O)C2CNC(=O)CN2)CC1. The zero-order valence-corrected chi connectivity index (χ0v) is 10.9. The van der Waals surface area contributed by atoms with E-state index in [-0.39, 0.29) is 24.4 Å². The van der Waals surface area contributed by atoms with Crippen LogP contribution in [0.1, 0.15) is 12.8 Å². The molecule has 2 fully saturated rings. The van der Waals surface area contributed by atoms with Gasteiger partial charge in [-0.3, -0.25) is 14.9 Å². The van der Waals surface area contributed by atoms with Gasteiger partial charge in [-0.15, -0.1) is 0 Å². The zero-order chi connectivity index (χ0) is 13.0. The fourth-order valence-electron chi connectivity index (χ4n) is 2.39. The highest BCUT2D eigenvalue weighted by molar-refractivity contribution is 5.86. The molecular formula is C12H22N4O2. The fourth-order valence-corrected chi connectivity index (χ4v) is 2.39. The highest BCUT2D eigenvalue weighted by Gasteiger charge is 2.24. The third-order valence-electron chi connectivity index (χ3n) is 3.73. The Morgan fingerprint density at radius 2 is 2.17 bits per heavy atom. The summed E-state index contributed by atoms with van der Waals surface area (Å²) >= 11 is 0. The van der Waals surface area contributed by atoms with E-state index in [0.717, 1.165) is 32.5 Å². The van der Waals surface area contributed by atoms with Crippen LogP contribution in [0.25, 0.3) is 0 Å². The minimum atomic E-state index is -0.283. The lowest BCUT2D eigenvalue weighted by Crippen LogP contribution is -2.58. The first-order valence-electron chi connectivity index (χ1n) is 6.61. The summed E-state index contributed by atoms with van der Waals surface area (Å²) < 4.78 is 0. The van der Waals surface area contributed by atoms with E-state index in [0.29, 0.717) is 12.5 Å². The van der Waals surface area contributed by atoms with Gasteiger partial charge in [0.2, 0.25) is 11.8 Å². The molecule has 1 unspecified atom stereocenters. The number of likely N-dealkylation sites (tertiary alicyclic amines) is 1. The summed E-state index contributed by atoms with van der Waals surface area (Å²) in [6.45, 7) is 3.58. The molecule has 18 heavy (non-hydrogen) atoms. The fraction of sp³-hybridized carbons (Fsp3) is 0.833. The largest absolute Gasteiger partial charge is 0.354 e. The summed E-state index contributed by atoms with van der Waals surface area (Å²) in [4.78, 5) is 25.1. The van der Waals surface area contributed by atoms with Crippen molar-refractivity contribution in [2.24, 2.45) is 5.92 Å². The standard InChI is InChI=1S/C12H22N4O2/c1-16-4-2-9(3-5-16)6-15-12(18)10-7-14-11(17)8-13-10/h9-10,13H,2-8H2,1H3,(H,14,17)(H,15,18). The number of piperazine rings is 1. The molecule has 2 aliphatic rings. The van der Waals surface area contributed by atoms with Crippen molar-refractivity contribution in [3.63, 3.8) is 0 Å². The lowest BCUT2D eigenvalue weighted by molar-refractivity contribution is -0.126. The van der Waals surface area contributed by atoms with Crippen molar-refractivity contribution in [3.8, 4) is 0 Å². The Hall–Kier alpha value is -1.14. The number of hydrogen-bond acceptors (Lipinski definition) is 4. The molecule has 6 heteroatoms. The second-order valence-corrected chi connectivity index (χ2v) is 5.23. The molecule has 0 aromatic rings. The molecule has 2 aliphatic heterocycles. The first-order valence-corrected chi connectivity index (χ1v) is 6.61. The maximum absolute atomic E-state index is 11.9. The van der Waals surface area contributed by atoms with Crippen molar-refractivity contribution < 1.29 is 9.59 Å². The van der Waals surface area contributed by atoms with Gasteiger partial charge in [0.25, 0.3) is 0 Å². The Morgan fingerprint density at radius 3 is 2.78 bits per heavy atom. The number of nitrogens with zero attached hydrogens (tertiary/aromatic N) is 1. The maximum Gasteiger partial charge on any atom is 0.238 e. The number of rotatable bonds is 3. The van der Waals surface area contributed by atoms with Gasteiger partial charge >= 0.3 is 0 Å². The smallest absolute Gasteiger partial charge is 0.238 e. The highest BCUT2D eigenvalue weighted by atomic mass is 16.2. The van der Waals surface area contributed by atoms with Gasteiger partial charge in [-0.25, -0.2) is 0 Å². The molecule has 0 aromatic carbocycles. The van der Waals surface area contributed by atoms with Gasteiger partial charge in [0.1, 0.15) is 6.04 Å². The van der Waals surface area contributed by atoms with Crippen LogP contribution in [0.15, 0.2) is 0 Å². The molecule has 2 rings (SSSR count). The minimum absolute atomic E-state index is 0.00562. The van der Waals surface area contributed by atoms with E-state index in [1.54, 1.807) is 0 Å². The Balaban J connectivity index is 1.67. The zero-order valence-electron chi connectivity index (χ0n) is 10.9. The van der Waals surface area contributed by atoms with Gasteiger partial charge in [-0.2, -0.15) is 0 Å². The molecule has 2 amide bonds. The van der Waals surface area contributed by atoms with Crippen LogP contribution in [-0.2, 0) is 9.59 Å². The molecule has 0 aromatic heterocycles. The van der Waals surface area contributed by atoms with Crippen molar-refractivity contribution >= 4 is 11.8 Å². The van der Waals surface area contributed by atoms with Gasteiger partial charge in [-0.05, 0) is 38.9 Å². The van der Waals surface area contributed by atoms with E-state index in [1.165, 1.54) is 0 Å². The van der Waals surface area contributed by atoms with Crippen LogP contribution in [0.2, 0.25) is 0 Å². The number of hydrogen-bond donors (Lipinski definition) is 3. The summed E-state index contributed by atoms with van der Waals surface area (Å²) in [6, 6.07) is -0.283. The van der Waals surface area contributed by atoms with Crippen LogP contribution in [0.5, 0.6) is 0 Å². The Bertz CT molecular complexity index is 303. The summed E-state index contributed by atoms with van der Waals surface area (Å²) in [5.74, 6) is 0.534. The molecule has 3 N–H and O–H groups in total. The topological polar surface area (TPSA) is 73.5 Å². The number of piperidine rings is 1. The van der Waals surface area contributed by atoms with Crippen LogP contribution in [0.4, 0.5) is 0 Å². The normalized spacial score (nSPS) is 26.7. The monoisotopic (exact) mass is 254 g/mol. The predicted octanol–water partition coefficient (Wildman–Crippen LogP) is -1.47. The van der Waals surface area contributed by atoms with Gasteiger partial charge in [0.15, 0.2) is 0 Å². The quantitative estimate of drug-likeness (QED) is 0.575. The minimum Gasteiger partial charge on any atom is -0.354 e. The second kappa shape index (κ2) is 6.15. The number of carbonyl (C=O) groups excluding carboxylic acids is 2. The van der Waals surface area contributed by atoms with Crippen molar-refractivity contribution in [1.29, 1.82) is 0 Å². The van der Waals surface area contributed by atoms with Crippen LogP contribution in [-0.4, -0.2) is 62.5 Å². The molecule has 1 atom stereocenters. The molecule has 102 valence electrons. The Morgan fingerprint density at radius 1 is 1.44 bits per heavy atom. The van der Waals surface area contributed by atoms with E-state index < -0.39 is 0 Å².